The lowest BCUT2D eigenvalue weighted by Crippen LogP contribution is -2.24. The van der Waals surface area contributed by atoms with Gasteiger partial charge in [0.15, 0.2) is 0 Å². The number of esters is 2. The molecule has 0 unspecified atom stereocenters. The van der Waals surface area contributed by atoms with Gasteiger partial charge in [-0.3, -0.25) is 4.79 Å². The highest BCUT2D eigenvalue weighted by atomic mass is 32.2. The van der Waals surface area contributed by atoms with Gasteiger partial charge in [0.1, 0.15) is 26.2 Å². The minimum atomic E-state index is -0.524. The molecule has 0 spiro atoms. The zero-order valence-corrected chi connectivity index (χ0v) is 16.9. The number of thioether (sulfide) groups is 1. The van der Waals surface area contributed by atoms with Gasteiger partial charge >= 0.3 is 11.9 Å². The molecule has 8 heteroatoms. The Balaban J connectivity index is 2.33. The van der Waals surface area contributed by atoms with E-state index >= 15 is 0 Å². The van der Waals surface area contributed by atoms with Crippen LogP contribution in [-0.2, 0) is 14.3 Å². The van der Waals surface area contributed by atoms with Crippen molar-refractivity contribution in [1.29, 1.82) is 0 Å². The Morgan fingerprint density at radius 2 is 1.88 bits per heavy atom. The Morgan fingerprint density at radius 1 is 1.20 bits per heavy atom. The van der Waals surface area contributed by atoms with Gasteiger partial charge in [-0.25, -0.2) is 14.8 Å². The standard InChI is InChI=1S/C17H22N2O4S2/c1-7-22-16(21)13-9(2)12-14(18-10(3)19-15(12)25-13)24-8-11(20)23-17(4,5)6/h7-8H2,1-6H3. The highest BCUT2D eigenvalue weighted by Gasteiger charge is 2.22. The van der Waals surface area contributed by atoms with Crippen LogP contribution in [0, 0.1) is 13.8 Å². The predicted molar refractivity (Wildman–Crippen MR) is 99.4 cm³/mol. The van der Waals surface area contributed by atoms with E-state index in [9.17, 15) is 9.59 Å². The van der Waals surface area contributed by atoms with Crippen LogP contribution in [-0.4, -0.2) is 39.9 Å². The number of fused-ring (bicyclic) bond motifs is 1. The summed E-state index contributed by atoms with van der Waals surface area (Å²) in [5.74, 6) is 0.0762. The van der Waals surface area contributed by atoms with E-state index in [-0.39, 0.29) is 17.7 Å². The first-order valence-electron chi connectivity index (χ1n) is 7.92. The molecule has 136 valence electrons. The molecule has 0 saturated carbocycles. The smallest absolute Gasteiger partial charge is 0.348 e. The van der Waals surface area contributed by atoms with Crippen LogP contribution in [0.2, 0.25) is 0 Å². The highest BCUT2D eigenvalue weighted by Crippen LogP contribution is 2.36. The molecule has 2 aromatic rings. The minimum Gasteiger partial charge on any atom is -0.462 e. The molecule has 0 aromatic carbocycles. The molecule has 0 N–H and O–H groups in total. The molecule has 0 atom stereocenters. The van der Waals surface area contributed by atoms with Gasteiger partial charge in [-0.15, -0.1) is 11.3 Å². The number of carbonyl (C=O) groups excluding carboxylic acids is 2. The molecule has 0 amide bonds. The zero-order valence-electron chi connectivity index (χ0n) is 15.3. The molecule has 2 aromatic heterocycles. The van der Waals surface area contributed by atoms with Crippen molar-refractivity contribution < 1.29 is 19.1 Å². The van der Waals surface area contributed by atoms with Crippen molar-refractivity contribution in [1.82, 2.24) is 9.97 Å². The molecule has 25 heavy (non-hydrogen) atoms. The number of hydrogen-bond acceptors (Lipinski definition) is 8. The molecular formula is C17H22N2O4S2. The molecule has 0 bridgehead atoms. The van der Waals surface area contributed by atoms with Gasteiger partial charge in [0.2, 0.25) is 0 Å². The first kappa shape index (κ1) is 19.7. The Hall–Kier alpha value is -1.67. The molecule has 0 aliphatic rings. The molecule has 0 aliphatic carbocycles. The lowest BCUT2D eigenvalue weighted by Gasteiger charge is -2.19. The van der Waals surface area contributed by atoms with E-state index in [0.29, 0.717) is 22.3 Å². The fourth-order valence-electron chi connectivity index (χ4n) is 2.20. The fourth-order valence-corrected chi connectivity index (χ4v) is 4.29. The van der Waals surface area contributed by atoms with Crippen LogP contribution < -0.4 is 0 Å². The SMILES string of the molecule is CCOC(=O)c1sc2nc(C)nc(SCC(=O)OC(C)(C)C)c2c1C. The van der Waals surface area contributed by atoms with Crippen LogP contribution in [0.25, 0.3) is 10.2 Å². The summed E-state index contributed by atoms with van der Waals surface area (Å²) in [5, 5.41) is 1.48. The number of ether oxygens (including phenoxy) is 2. The number of rotatable bonds is 5. The van der Waals surface area contributed by atoms with Crippen molar-refractivity contribution in [2.24, 2.45) is 0 Å². The summed E-state index contributed by atoms with van der Waals surface area (Å²) >= 11 is 2.58. The van der Waals surface area contributed by atoms with Gasteiger partial charge < -0.3 is 9.47 Å². The fraction of sp³-hybridized carbons (Fsp3) is 0.529. The Bertz CT molecular complexity index is 809. The van der Waals surface area contributed by atoms with Crippen LogP contribution in [0.1, 0.15) is 48.8 Å². The van der Waals surface area contributed by atoms with Gasteiger partial charge in [0, 0.05) is 5.39 Å². The zero-order chi connectivity index (χ0) is 18.8. The normalized spacial score (nSPS) is 11.6. The average Bonchev–Trinajstić information content (AvgIpc) is 2.80. The van der Waals surface area contributed by atoms with Gasteiger partial charge in [-0.2, -0.15) is 0 Å². The largest absolute Gasteiger partial charge is 0.462 e. The van der Waals surface area contributed by atoms with Crippen LogP contribution in [0.4, 0.5) is 0 Å². The van der Waals surface area contributed by atoms with Crippen LogP contribution in [0.5, 0.6) is 0 Å². The molecule has 6 nitrogen and oxygen atoms in total. The van der Waals surface area contributed by atoms with Crippen molar-refractivity contribution in [3.05, 3.63) is 16.3 Å². The average molecular weight is 383 g/mol. The summed E-state index contributed by atoms with van der Waals surface area (Å²) in [5.41, 5.74) is 0.259. The molecule has 2 rings (SSSR count). The summed E-state index contributed by atoms with van der Waals surface area (Å²) in [4.78, 5) is 34.2. The predicted octanol–water partition coefficient (Wildman–Crippen LogP) is 3.92. The maximum Gasteiger partial charge on any atom is 0.348 e. The van der Waals surface area contributed by atoms with Crippen molar-refractivity contribution in [2.75, 3.05) is 12.4 Å². The summed E-state index contributed by atoms with van der Waals surface area (Å²) in [6.45, 7) is 11.2. The Labute approximate surface area is 155 Å². The second-order valence-electron chi connectivity index (χ2n) is 6.41. The summed E-state index contributed by atoms with van der Waals surface area (Å²) in [6.07, 6.45) is 0. The highest BCUT2D eigenvalue weighted by molar-refractivity contribution is 8.00. The van der Waals surface area contributed by atoms with E-state index < -0.39 is 5.60 Å². The van der Waals surface area contributed by atoms with Crippen molar-refractivity contribution in [2.45, 2.75) is 52.2 Å². The number of aromatic nitrogens is 2. The van der Waals surface area contributed by atoms with Crippen molar-refractivity contribution >= 4 is 45.3 Å². The lowest BCUT2D eigenvalue weighted by molar-refractivity contribution is -0.151. The molecule has 0 radical (unpaired) electrons. The maximum atomic E-state index is 12.1. The molecule has 0 aliphatic heterocycles. The van der Waals surface area contributed by atoms with Crippen molar-refractivity contribution in [3.8, 4) is 0 Å². The minimum absolute atomic E-state index is 0.146. The number of thiophene rings is 1. The van der Waals surface area contributed by atoms with E-state index in [2.05, 4.69) is 9.97 Å². The van der Waals surface area contributed by atoms with E-state index in [0.717, 1.165) is 15.8 Å². The Morgan fingerprint density at radius 3 is 2.48 bits per heavy atom. The third-order valence-corrected chi connectivity index (χ3v) is 5.19. The second-order valence-corrected chi connectivity index (χ2v) is 8.37. The van der Waals surface area contributed by atoms with Gasteiger partial charge in [0.05, 0.1) is 12.4 Å². The van der Waals surface area contributed by atoms with E-state index in [1.165, 1.54) is 23.1 Å². The van der Waals surface area contributed by atoms with E-state index in [1.54, 1.807) is 13.8 Å². The number of hydrogen-bond donors (Lipinski definition) is 0. The molecule has 0 fully saturated rings. The number of carbonyl (C=O) groups is 2. The van der Waals surface area contributed by atoms with Gasteiger partial charge in [-0.05, 0) is 47.1 Å². The molecule has 0 saturated heterocycles. The van der Waals surface area contributed by atoms with Crippen molar-refractivity contribution in [3.63, 3.8) is 0 Å². The van der Waals surface area contributed by atoms with Crippen LogP contribution in [0.15, 0.2) is 5.03 Å². The second kappa shape index (κ2) is 7.70. The summed E-state index contributed by atoms with van der Waals surface area (Å²) in [7, 11) is 0. The monoisotopic (exact) mass is 382 g/mol. The third-order valence-electron chi connectivity index (χ3n) is 3.08. The first-order valence-corrected chi connectivity index (χ1v) is 9.72. The van der Waals surface area contributed by atoms with Gasteiger partial charge in [0.25, 0.3) is 0 Å². The third kappa shape index (κ3) is 4.92. The topological polar surface area (TPSA) is 78.4 Å². The quantitative estimate of drug-likeness (QED) is 0.440. The van der Waals surface area contributed by atoms with Crippen LogP contribution >= 0.6 is 23.1 Å². The molecule has 2 heterocycles. The summed E-state index contributed by atoms with van der Waals surface area (Å²) in [6, 6.07) is 0. The maximum absolute atomic E-state index is 12.1. The first-order chi connectivity index (χ1) is 11.6. The van der Waals surface area contributed by atoms with E-state index in [1.807, 2.05) is 27.7 Å². The van der Waals surface area contributed by atoms with Gasteiger partial charge in [-0.1, -0.05) is 11.8 Å². The Kier molecular flexibility index (Phi) is 6.05. The summed E-state index contributed by atoms with van der Waals surface area (Å²) < 4.78 is 10.4. The molecular weight excluding hydrogens is 360 g/mol. The van der Waals surface area contributed by atoms with Crippen LogP contribution in [0.3, 0.4) is 0 Å². The lowest BCUT2D eigenvalue weighted by atomic mass is 10.2. The van der Waals surface area contributed by atoms with E-state index in [4.69, 9.17) is 9.47 Å². The number of aryl methyl sites for hydroxylation is 2. The number of nitrogens with zero attached hydrogens (tertiary/aromatic N) is 2.